The van der Waals surface area contributed by atoms with Crippen LogP contribution >= 0.6 is 0 Å². The first-order valence-corrected chi connectivity index (χ1v) is 9.16. The molecule has 1 aliphatic heterocycles. The minimum Gasteiger partial charge on any atom is -0.356 e. The summed E-state index contributed by atoms with van der Waals surface area (Å²) in [6.45, 7) is 9.68. The van der Waals surface area contributed by atoms with Gasteiger partial charge in [0, 0.05) is 25.2 Å². The van der Waals surface area contributed by atoms with Crippen LogP contribution in [-0.4, -0.2) is 24.9 Å². The maximum Gasteiger partial charge on any atom is 0.227 e. The highest BCUT2D eigenvalue weighted by Crippen LogP contribution is 2.32. The average Bonchev–Trinajstić information content (AvgIpc) is 2.95. The maximum absolute atomic E-state index is 12.6. The summed E-state index contributed by atoms with van der Waals surface area (Å²) in [4.78, 5) is 26.8. The molecule has 0 spiro atoms. The zero-order valence-corrected chi connectivity index (χ0v) is 15.4. The van der Waals surface area contributed by atoms with E-state index in [1.54, 1.807) is 0 Å². The molecule has 4 nitrogen and oxygen atoms in total. The normalized spacial score (nSPS) is 17.6. The molecule has 0 bridgehead atoms. The van der Waals surface area contributed by atoms with E-state index < -0.39 is 0 Å². The lowest BCUT2D eigenvalue weighted by Gasteiger charge is -2.23. The van der Waals surface area contributed by atoms with E-state index in [2.05, 4.69) is 51.2 Å². The molecule has 24 heavy (non-hydrogen) atoms. The third-order valence-corrected chi connectivity index (χ3v) is 4.75. The number of aryl methyl sites for hydroxylation is 2. The van der Waals surface area contributed by atoms with Crippen molar-refractivity contribution >= 4 is 17.5 Å². The van der Waals surface area contributed by atoms with Crippen LogP contribution in [-0.2, 0) is 22.4 Å². The van der Waals surface area contributed by atoms with Crippen LogP contribution in [0.3, 0.4) is 0 Å². The predicted molar refractivity (Wildman–Crippen MR) is 98.1 cm³/mol. The lowest BCUT2D eigenvalue weighted by Crippen LogP contribution is -2.34. The zero-order chi connectivity index (χ0) is 17.7. The van der Waals surface area contributed by atoms with Crippen molar-refractivity contribution in [2.45, 2.75) is 53.4 Å². The Morgan fingerprint density at radius 2 is 1.88 bits per heavy atom. The standard InChI is InChI=1S/C20H30N2O2/c1-5-15-8-7-9-16(6-2)19(15)22-13-17(12-18(22)23)20(24)21-11-10-14(3)4/h7-9,14,17H,5-6,10-13H2,1-4H3,(H,21,24). The number of hydrogen-bond donors (Lipinski definition) is 1. The summed E-state index contributed by atoms with van der Waals surface area (Å²) in [7, 11) is 0. The third-order valence-electron chi connectivity index (χ3n) is 4.75. The van der Waals surface area contributed by atoms with Gasteiger partial charge in [-0.15, -0.1) is 0 Å². The Morgan fingerprint density at radius 1 is 1.25 bits per heavy atom. The van der Waals surface area contributed by atoms with Crippen molar-refractivity contribution < 1.29 is 9.59 Å². The number of hydrogen-bond acceptors (Lipinski definition) is 2. The molecule has 0 aliphatic carbocycles. The summed E-state index contributed by atoms with van der Waals surface area (Å²) in [5.74, 6) is 0.406. The summed E-state index contributed by atoms with van der Waals surface area (Å²) in [5.41, 5.74) is 3.40. The number of amides is 2. The van der Waals surface area contributed by atoms with Crippen LogP contribution in [0.2, 0.25) is 0 Å². The summed E-state index contributed by atoms with van der Waals surface area (Å²) in [6.07, 6.45) is 3.06. The number of benzene rings is 1. The van der Waals surface area contributed by atoms with Gasteiger partial charge in [0.25, 0.3) is 0 Å². The second-order valence-electron chi connectivity index (χ2n) is 7.01. The quantitative estimate of drug-likeness (QED) is 0.834. The topological polar surface area (TPSA) is 49.4 Å². The molecule has 0 saturated carbocycles. The third kappa shape index (κ3) is 4.16. The Balaban J connectivity index is 2.12. The van der Waals surface area contributed by atoms with Crippen LogP contribution in [0.4, 0.5) is 5.69 Å². The molecular formula is C20H30N2O2. The van der Waals surface area contributed by atoms with Gasteiger partial charge in [-0.3, -0.25) is 9.59 Å². The molecule has 2 amide bonds. The van der Waals surface area contributed by atoms with Gasteiger partial charge in [0.1, 0.15) is 0 Å². The highest BCUT2D eigenvalue weighted by atomic mass is 16.2. The molecule has 4 heteroatoms. The van der Waals surface area contributed by atoms with Crippen molar-refractivity contribution in [1.29, 1.82) is 0 Å². The maximum atomic E-state index is 12.6. The highest BCUT2D eigenvalue weighted by Gasteiger charge is 2.36. The number of carbonyl (C=O) groups excluding carboxylic acids is 2. The Bertz CT molecular complexity index is 573. The van der Waals surface area contributed by atoms with Crippen molar-refractivity contribution in [1.82, 2.24) is 5.32 Å². The smallest absolute Gasteiger partial charge is 0.227 e. The van der Waals surface area contributed by atoms with Gasteiger partial charge in [0.15, 0.2) is 0 Å². The number of nitrogens with zero attached hydrogens (tertiary/aromatic N) is 1. The van der Waals surface area contributed by atoms with Gasteiger partial charge in [-0.25, -0.2) is 0 Å². The second-order valence-corrected chi connectivity index (χ2v) is 7.01. The van der Waals surface area contributed by atoms with E-state index in [4.69, 9.17) is 0 Å². The molecule has 1 aromatic carbocycles. The molecule has 2 rings (SSSR count). The largest absolute Gasteiger partial charge is 0.356 e. The first kappa shape index (κ1) is 18.5. The van der Waals surface area contributed by atoms with Crippen LogP contribution in [0.25, 0.3) is 0 Å². The highest BCUT2D eigenvalue weighted by molar-refractivity contribution is 6.01. The second kappa shape index (κ2) is 8.32. The number of carbonyl (C=O) groups is 2. The zero-order valence-electron chi connectivity index (χ0n) is 15.4. The Kier molecular flexibility index (Phi) is 6.41. The van der Waals surface area contributed by atoms with Crippen LogP contribution in [0.15, 0.2) is 18.2 Å². The molecule has 1 fully saturated rings. The van der Waals surface area contributed by atoms with Crippen molar-refractivity contribution in [3.8, 4) is 0 Å². The van der Waals surface area contributed by atoms with E-state index in [0.29, 0.717) is 25.4 Å². The monoisotopic (exact) mass is 330 g/mol. The Hall–Kier alpha value is -1.84. The number of rotatable bonds is 7. The molecule has 1 saturated heterocycles. The molecule has 0 radical (unpaired) electrons. The van der Waals surface area contributed by atoms with Gasteiger partial charge < -0.3 is 10.2 Å². The SMILES string of the molecule is CCc1cccc(CC)c1N1CC(C(=O)NCCC(C)C)CC1=O. The van der Waals surface area contributed by atoms with Crippen LogP contribution in [0.1, 0.15) is 51.7 Å². The molecule has 1 heterocycles. The summed E-state index contributed by atoms with van der Waals surface area (Å²) in [6, 6.07) is 6.22. The number of anilines is 1. The summed E-state index contributed by atoms with van der Waals surface area (Å²) in [5, 5.41) is 2.99. The Labute approximate surface area is 145 Å². The average molecular weight is 330 g/mol. The van der Waals surface area contributed by atoms with Crippen molar-refractivity contribution in [3.05, 3.63) is 29.3 Å². The first-order chi connectivity index (χ1) is 11.5. The fourth-order valence-electron chi connectivity index (χ4n) is 3.29. The molecule has 1 N–H and O–H groups in total. The fourth-order valence-corrected chi connectivity index (χ4v) is 3.29. The summed E-state index contributed by atoms with van der Waals surface area (Å²) >= 11 is 0. The van der Waals surface area contributed by atoms with Crippen LogP contribution in [0, 0.1) is 11.8 Å². The summed E-state index contributed by atoms with van der Waals surface area (Å²) < 4.78 is 0. The van der Waals surface area contributed by atoms with Crippen molar-refractivity contribution in [2.24, 2.45) is 11.8 Å². The van der Waals surface area contributed by atoms with E-state index in [1.165, 1.54) is 11.1 Å². The van der Waals surface area contributed by atoms with E-state index in [0.717, 1.165) is 24.9 Å². The molecule has 1 aliphatic rings. The van der Waals surface area contributed by atoms with Gasteiger partial charge in [-0.2, -0.15) is 0 Å². The number of para-hydroxylation sites is 1. The Morgan fingerprint density at radius 3 is 2.42 bits per heavy atom. The van der Waals surface area contributed by atoms with Crippen LogP contribution < -0.4 is 10.2 Å². The minimum absolute atomic E-state index is 0.0125. The van der Waals surface area contributed by atoms with E-state index in [1.807, 2.05) is 4.90 Å². The first-order valence-electron chi connectivity index (χ1n) is 9.16. The van der Waals surface area contributed by atoms with Crippen LogP contribution in [0.5, 0.6) is 0 Å². The minimum atomic E-state index is -0.237. The van der Waals surface area contributed by atoms with Crippen molar-refractivity contribution in [2.75, 3.05) is 18.0 Å². The molecule has 0 aromatic heterocycles. The molecule has 1 atom stereocenters. The lowest BCUT2D eigenvalue weighted by atomic mass is 10.0. The van der Waals surface area contributed by atoms with Gasteiger partial charge in [0.05, 0.1) is 5.92 Å². The van der Waals surface area contributed by atoms with E-state index >= 15 is 0 Å². The molecular weight excluding hydrogens is 300 g/mol. The fraction of sp³-hybridized carbons (Fsp3) is 0.600. The van der Waals surface area contributed by atoms with Gasteiger partial charge >= 0.3 is 0 Å². The molecule has 1 aromatic rings. The van der Waals surface area contributed by atoms with Gasteiger partial charge in [-0.1, -0.05) is 45.9 Å². The van der Waals surface area contributed by atoms with Crippen molar-refractivity contribution in [3.63, 3.8) is 0 Å². The lowest BCUT2D eigenvalue weighted by molar-refractivity contribution is -0.126. The molecule has 1 unspecified atom stereocenters. The predicted octanol–water partition coefficient (Wildman–Crippen LogP) is 3.33. The van der Waals surface area contributed by atoms with E-state index in [9.17, 15) is 9.59 Å². The number of nitrogens with one attached hydrogen (secondary N) is 1. The van der Waals surface area contributed by atoms with Gasteiger partial charge in [-0.05, 0) is 36.3 Å². The van der Waals surface area contributed by atoms with E-state index in [-0.39, 0.29) is 17.7 Å². The van der Waals surface area contributed by atoms with Gasteiger partial charge in [0.2, 0.25) is 11.8 Å². The molecule has 132 valence electrons.